The fraction of sp³-hybridized carbons (Fsp3) is 0.0690. The van der Waals surface area contributed by atoms with Crippen LogP contribution in [-0.2, 0) is 40.5 Å². The van der Waals surface area contributed by atoms with Gasteiger partial charge in [-0.2, -0.15) is 69.1 Å². The maximum Gasteiger partial charge on any atom is 0.320 e. The molecule has 1 aromatic heterocycles. The first-order chi connectivity index (χ1) is 26.0. The van der Waals surface area contributed by atoms with E-state index in [0.717, 1.165) is 24.3 Å². The number of hydrogen-bond acceptors (Lipinski definition) is 19. The van der Waals surface area contributed by atoms with Crippen molar-refractivity contribution in [2.75, 3.05) is 17.7 Å². The minimum Gasteiger partial charge on any atom is -0.494 e. The van der Waals surface area contributed by atoms with Gasteiger partial charge in [0.05, 0.1) is 55.1 Å². The van der Waals surface area contributed by atoms with Gasteiger partial charge in [-0.15, -0.1) is 0 Å². The lowest BCUT2D eigenvalue weighted by atomic mass is 10.2. The molecule has 0 fully saturated rings. The van der Waals surface area contributed by atoms with Crippen LogP contribution in [0.2, 0.25) is 0 Å². The van der Waals surface area contributed by atoms with Crippen LogP contribution >= 0.6 is 0 Å². The third-order valence-electron chi connectivity index (χ3n) is 6.98. The van der Waals surface area contributed by atoms with E-state index in [1.807, 2.05) is 0 Å². The molecule has 56 heavy (non-hydrogen) atoms. The molecule has 4 aromatic carbocycles. The minimum atomic E-state index is -4.88. The second kappa shape index (κ2) is 15.6. The molecule has 0 unspecified atom stereocenters. The lowest BCUT2D eigenvalue weighted by Crippen LogP contribution is -2.04. The Morgan fingerprint density at radius 3 is 1.48 bits per heavy atom. The van der Waals surface area contributed by atoms with Crippen LogP contribution in [0.4, 0.5) is 46.0 Å². The fourth-order valence-corrected chi connectivity index (χ4v) is 6.80. The summed E-state index contributed by atoms with van der Waals surface area (Å²) in [5, 5.41) is 31.4. The number of azo groups is 2. The molecule has 0 bridgehead atoms. The lowest BCUT2D eigenvalue weighted by molar-refractivity contribution is 0.416. The van der Waals surface area contributed by atoms with E-state index < -0.39 is 66.1 Å². The third kappa shape index (κ3) is 10.6. The fourth-order valence-electron chi connectivity index (χ4n) is 4.47. The topological polar surface area (TPSA) is 359 Å². The normalized spacial score (nSPS) is 12.6. The molecule has 27 heteroatoms. The molecule has 7 N–H and O–H groups in total. The number of aromatic hydroxyl groups is 1. The first-order valence-corrected chi connectivity index (χ1v) is 20.6. The molecule has 5 aromatic rings. The van der Waals surface area contributed by atoms with Crippen molar-refractivity contribution in [3.05, 3.63) is 78.4 Å². The Morgan fingerprint density at radius 2 is 1.02 bits per heavy atom. The summed E-state index contributed by atoms with van der Waals surface area (Å²) in [6, 6.07) is 12.5. The highest BCUT2D eigenvalue weighted by atomic mass is 32.2. The first-order valence-electron chi connectivity index (χ1n) is 14.8. The summed E-state index contributed by atoms with van der Waals surface area (Å²) in [5.41, 5.74) is 0.831. The number of anilines is 4. The monoisotopic (exact) mass is 851 g/mol. The van der Waals surface area contributed by atoms with Crippen LogP contribution in [0.3, 0.4) is 0 Å². The van der Waals surface area contributed by atoms with Crippen molar-refractivity contribution in [2.24, 2.45) is 20.5 Å². The second-order valence-corrected chi connectivity index (χ2v) is 16.7. The van der Waals surface area contributed by atoms with Crippen molar-refractivity contribution < 1.29 is 61.7 Å². The van der Waals surface area contributed by atoms with Crippen molar-refractivity contribution in [3.63, 3.8) is 0 Å². The van der Waals surface area contributed by atoms with Gasteiger partial charge < -0.3 is 20.5 Å². The van der Waals surface area contributed by atoms with Gasteiger partial charge >= 0.3 is 6.01 Å². The molecule has 0 aliphatic rings. The van der Waals surface area contributed by atoms with Gasteiger partial charge in [0.1, 0.15) is 5.75 Å². The summed E-state index contributed by atoms with van der Waals surface area (Å²) in [6.45, 7) is 1.62. The Labute approximate surface area is 316 Å². The number of methoxy groups -OCH3 is 1. The second-order valence-electron chi connectivity index (χ2n) is 11.0. The van der Waals surface area contributed by atoms with Gasteiger partial charge in [-0.1, -0.05) is 0 Å². The maximum absolute atomic E-state index is 11.6. The summed E-state index contributed by atoms with van der Waals surface area (Å²) >= 11 is 0. The number of aryl methyl sites for hydroxylation is 1. The van der Waals surface area contributed by atoms with E-state index in [2.05, 4.69) is 46.0 Å². The largest absolute Gasteiger partial charge is 0.494 e. The number of benzene rings is 4. The number of ether oxygens (including phenoxy) is 1. The van der Waals surface area contributed by atoms with Gasteiger partial charge in [0.15, 0.2) is 0 Å². The van der Waals surface area contributed by atoms with Gasteiger partial charge in [0, 0.05) is 11.8 Å². The van der Waals surface area contributed by atoms with Gasteiger partial charge in [-0.05, 0) is 79.2 Å². The molecular weight excluding hydrogens is 827 g/mol. The van der Waals surface area contributed by atoms with Crippen LogP contribution in [0.1, 0.15) is 5.56 Å². The van der Waals surface area contributed by atoms with Crippen LogP contribution in [-0.4, -0.2) is 79.1 Å². The maximum atomic E-state index is 11.6. The van der Waals surface area contributed by atoms with Crippen LogP contribution in [0, 0.1) is 6.92 Å². The highest BCUT2D eigenvalue weighted by Gasteiger charge is 2.20. The molecule has 0 radical (unpaired) electrons. The van der Waals surface area contributed by atoms with E-state index >= 15 is 0 Å². The van der Waals surface area contributed by atoms with Gasteiger partial charge in [0.25, 0.3) is 40.5 Å². The zero-order valence-corrected chi connectivity index (χ0v) is 31.4. The number of aromatic nitrogens is 3. The lowest BCUT2D eigenvalue weighted by Gasteiger charge is -2.12. The van der Waals surface area contributed by atoms with Crippen molar-refractivity contribution in [3.8, 4) is 11.8 Å². The molecule has 0 spiro atoms. The Hall–Kier alpha value is -6.07. The highest BCUT2D eigenvalue weighted by molar-refractivity contribution is 7.87. The average molecular weight is 852 g/mol. The van der Waals surface area contributed by atoms with Gasteiger partial charge in [-0.3, -0.25) is 18.2 Å². The smallest absolute Gasteiger partial charge is 0.320 e. The summed E-state index contributed by atoms with van der Waals surface area (Å²) < 4.78 is 136. The Bertz CT molecular complexity index is 2790. The van der Waals surface area contributed by atoms with Crippen molar-refractivity contribution >= 4 is 86.5 Å². The number of nitrogens with one attached hydrogen (secondary N) is 2. The predicted octanol–water partition coefficient (Wildman–Crippen LogP) is 5.20. The van der Waals surface area contributed by atoms with E-state index in [9.17, 15) is 57.0 Å². The van der Waals surface area contributed by atoms with E-state index in [1.165, 1.54) is 37.4 Å². The zero-order chi connectivity index (χ0) is 41.2. The molecule has 0 aliphatic heterocycles. The number of rotatable bonds is 13. The van der Waals surface area contributed by atoms with Gasteiger partial charge in [0.2, 0.25) is 11.9 Å². The summed E-state index contributed by atoms with van der Waals surface area (Å²) in [6.07, 6.45) is 0. The van der Waals surface area contributed by atoms with E-state index in [0.29, 0.717) is 23.4 Å². The highest BCUT2D eigenvalue weighted by Crippen LogP contribution is 2.34. The molecule has 0 saturated carbocycles. The minimum absolute atomic E-state index is 0.117. The molecule has 0 saturated heterocycles. The van der Waals surface area contributed by atoms with Crippen LogP contribution in [0.25, 0.3) is 0 Å². The van der Waals surface area contributed by atoms with E-state index in [1.54, 1.807) is 13.0 Å². The Balaban J connectivity index is 1.34. The molecular formula is C29H25N9O14S4. The standard InChI is InChI=1S/C29H25N9O14S4/c1-15-7-16(3-5-24(15)38-37-19-10-22(55(46,47)48)14-23(11-19)56(49,50)51)30-27-32-28(34-29(39)33-27)31-25-6-4-17(12-26(25)52-2)35-36-18-8-20(53(40,41)42)13-21(9-18)54(43,44)45/h3-14H,1-2H3,(H,40,41,42)(H,43,44,45)(H,46,47,48)(H,49,50,51)(H3,30,31,32,33,34,39)/b36-35+,38-37+. The summed E-state index contributed by atoms with van der Waals surface area (Å²) in [7, 11) is -18.2. The van der Waals surface area contributed by atoms with Crippen LogP contribution in [0.5, 0.6) is 11.8 Å². The first kappa shape index (κ1) is 41.1. The van der Waals surface area contributed by atoms with E-state index in [4.69, 9.17) is 4.74 Å². The van der Waals surface area contributed by atoms with Crippen molar-refractivity contribution in [1.82, 2.24) is 15.0 Å². The SMILES string of the molecule is COc1cc(/N=N/c2cc(S(=O)(=O)O)cc(S(=O)(=O)O)c2)ccc1Nc1nc(O)nc(Nc2ccc(/N=N/c3cc(S(=O)(=O)O)cc(S(=O)(=O)O)c3)c(C)c2)n1. The van der Waals surface area contributed by atoms with Crippen LogP contribution < -0.4 is 15.4 Å². The molecule has 1 heterocycles. The van der Waals surface area contributed by atoms with Crippen molar-refractivity contribution in [2.45, 2.75) is 26.5 Å². The molecule has 294 valence electrons. The predicted molar refractivity (Wildman–Crippen MR) is 193 cm³/mol. The van der Waals surface area contributed by atoms with Crippen molar-refractivity contribution in [1.29, 1.82) is 0 Å². The Morgan fingerprint density at radius 1 is 0.554 bits per heavy atom. The zero-order valence-electron chi connectivity index (χ0n) is 28.1. The molecule has 0 aliphatic carbocycles. The van der Waals surface area contributed by atoms with Gasteiger partial charge in [-0.25, -0.2) is 0 Å². The average Bonchev–Trinajstić information content (AvgIpc) is 3.09. The molecule has 0 amide bonds. The summed E-state index contributed by atoms with van der Waals surface area (Å²) in [5.74, 6) is -0.152. The Kier molecular flexibility index (Phi) is 11.4. The number of hydrogen-bond donors (Lipinski definition) is 7. The summed E-state index contributed by atoms with van der Waals surface area (Å²) in [4.78, 5) is 8.52. The molecule has 5 rings (SSSR count). The third-order valence-corrected chi connectivity index (χ3v) is 10.3. The number of nitrogens with zero attached hydrogens (tertiary/aromatic N) is 7. The quantitative estimate of drug-likeness (QED) is 0.0591. The van der Waals surface area contributed by atoms with Crippen LogP contribution in [0.15, 0.2) is 113 Å². The molecule has 23 nitrogen and oxygen atoms in total. The van der Waals surface area contributed by atoms with E-state index in [-0.39, 0.29) is 46.1 Å². The molecule has 0 atom stereocenters.